The Morgan fingerprint density at radius 3 is 2.56 bits per heavy atom. The van der Waals surface area contributed by atoms with Crippen molar-refractivity contribution in [2.24, 2.45) is 0 Å². The Labute approximate surface area is 143 Å². The summed E-state index contributed by atoms with van der Waals surface area (Å²) in [6.07, 6.45) is -3.42. The molecule has 0 atom stereocenters. The monoisotopic (exact) mass is 369 g/mol. The molecule has 0 saturated heterocycles. The summed E-state index contributed by atoms with van der Waals surface area (Å²) in [5, 5.41) is 3.57. The fourth-order valence-electron chi connectivity index (χ4n) is 2.03. The molecule has 25 heavy (non-hydrogen) atoms. The summed E-state index contributed by atoms with van der Waals surface area (Å²) in [5.74, 6) is -0.391. The van der Waals surface area contributed by atoms with Crippen LogP contribution >= 0.6 is 11.3 Å². The number of aromatic nitrogens is 2. The summed E-state index contributed by atoms with van der Waals surface area (Å²) >= 11 is 1.15. The first-order valence-corrected chi connectivity index (χ1v) is 7.63. The number of alkyl halides is 3. The van der Waals surface area contributed by atoms with Crippen LogP contribution in [0, 0.1) is 0 Å². The van der Waals surface area contributed by atoms with Crippen molar-refractivity contribution in [2.75, 3.05) is 12.4 Å². The van der Waals surface area contributed by atoms with Crippen molar-refractivity contribution in [1.82, 2.24) is 9.97 Å². The van der Waals surface area contributed by atoms with Crippen LogP contribution in [-0.4, -0.2) is 29.4 Å². The fraction of sp³-hybridized carbons (Fsp3) is 0.133. The van der Waals surface area contributed by atoms with Crippen LogP contribution in [0.2, 0.25) is 0 Å². The highest BCUT2D eigenvalue weighted by atomic mass is 32.1. The van der Waals surface area contributed by atoms with Crippen molar-refractivity contribution in [1.29, 1.82) is 0 Å². The van der Waals surface area contributed by atoms with Gasteiger partial charge in [-0.1, -0.05) is 0 Å². The van der Waals surface area contributed by atoms with Crippen molar-refractivity contribution in [3.05, 3.63) is 41.5 Å². The van der Waals surface area contributed by atoms with Crippen molar-refractivity contribution in [3.8, 4) is 5.75 Å². The summed E-state index contributed by atoms with van der Waals surface area (Å²) in [6, 6.07) is 6.80. The van der Waals surface area contributed by atoms with E-state index >= 15 is 0 Å². The third-order valence-electron chi connectivity index (χ3n) is 3.07. The van der Waals surface area contributed by atoms with Gasteiger partial charge in [0.05, 0.1) is 12.5 Å². The van der Waals surface area contributed by atoms with Gasteiger partial charge in [0.25, 0.3) is 0 Å². The van der Waals surface area contributed by atoms with Crippen LogP contribution in [0.25, 0.3) is 10.2 Å². The van der Waals surface area contributed by atoms with Gasteiger partial charge in [-0.05, 0) is 30.3 Å². The maximum Gasteiger partial charge on any atom is 0.573 e. The highest BCUT2D eigenvalue weighted by Crippen LogP contribution is 2.31. The number of methoxy groups -OCH3 is 1. The van der Waals surface area contributed by atoms with E-state index in [9.17, 15) is 18.0 Å². The highest BCUT2D eigenvalue weighted by molar-refractivity contribution is 7.20. The average molecular weight is 369 g/mol. The molecule has 3 aromatic rings. The van der Waals surface area contributed by atoms with Gasteiger partial charge in [-0.15, -0.1) is 24.5 Å². The molecule has 1 N–H and O–H groups in total. The molecule has 0 aliphatic rings. The Kier molecular flexibility index (Phi) is 4.45. The van der Waals surface area contributed by atoms with Gasteiger partial charge in [0, 0.05) is 5.69 Å². The number of carbonyl (C=O) groups excluding carboxylic acids is 1. The van der Waals surface area contributed by atoms with E-state index in [0.29, 0.717) is 26.6 Å². The van der Waals surface area contributed by atoms with Crippen molar-refractivity contribution < 1.29 is 27.4 Å². The fourth-order valence-corrected chi connectivity index (χ4v) is 2.95. The number of halogens is 3. The summed E-state index contributed by atoms with van der Waals surface area (Å²) in [4.78, 5) is 20.8. The standard InChI is InChI=1S/C15H10F3N3O3S/c1-23-14(22)11-6-10-12(19-7-20-13(10)25-11)21-8-2-4-9(5-3-8)24-15(16,17)18/h2-7H,1H3,(H,19,20,21). The molecule has 2 aromatic heterocycles. The van der Waals surface area contributed by atoms with Crippen LogP contribution in [0.3, 0.4) is 0 Å². The molecular formula is C15H10F3N3O3S. The van der Waals surface area contributed by atoms with Gasteiger partial charge in [-0.25, -0.2) is 14.8 Å². The molecule has 3 rings (SSSR count). The van der Waals surface area contributed by atoms with Gasteiger partial charge >= 0.3 is 12.3 Å². The maximum atomic E-state index is 12.2. The van der Waals surface area contributed by atoms with Gasteiger partial charge in [0.15, 0.2) is 0 Å². The Morgan fingerprint density at radius 1 is 1.20 bits per heavy atom. The van der Waals surface area contributed by atoms with E-state index < -0.39 is 12.3 Å². The number of nitrogens with zero attached hydrogens (tertiary/aromatic N) is 2. The molecule has 2 heterocycles. The molecule has 0 saturated carbocycles. The first kappa shape index (κ1) is 17.0. The zero-order valence-electron chi connectivity index (χ0n) is 12.6. The van der Waals surface area contributed by atoms with Gasteiger partial charge in [-0.3, -0.25) is 0 Å². The third kappa shape index (κ3) is 3.97. The first-order valence-electron chi connectivity index (χ1n) is 6.81. The molecule has 130 valence electrons. The minimum Gasteiger partial charge on any atom is -0.465 e. The lowest BCUT2D eigenvalue weighted by Crippen LogP contribution is -2.16. The predicted molar refractivity (Wildman–Crippen MR) is 85.2 cm³/mol. The largest absolute Gasteiger partial charge is 0.573 e. The molecule has 1 aromatic carbocycles. The molecule has 0 bridgehead atoms. The number of ether oxygens (including phenoxy) is 2. The topological polar surface area (TPSA) is 73.3 Å². The lowest BCUT2D eigenvalue weighted by atomic mass is 10.3. The lowest BCUT2D eigenvalue weighted by Gasteiger charge is -2.10. The second-order valence-electron chi connectivity index (χ2n) is 4.74. The minimum absolute atomic E-state index is 0.325. The van der Waals surface area contributed by atoms with Crippen LogP contribution < -0.4 is 10.1 Å². The molecule has 6 nitrogen and oxygen atoms in total. The molecule has 0 aliphatic heterocycles. The van der Waals surface area contributed by atoms with Crippen LogP contribution in [0.5, 0.6) is 5.75 Å². The van der Waals surface area contributed by atoms with Crippen molar-refractivity contribution >= 4 is 39.0 Å². The van der Waals surface area contributed by atoms with E-state index in [4.69, 9.17) is 0 Å². The number of hydrogen-bond donors (Lipinski definition) is 1. The summed E-state index contributed by atoms with van der Waals surface area (Å²) in [6.45, 7) is 0. The van der Waals surface area contributed by atoms with E-state index in [-0.39, 0.29) is 5.75 Å². The van der Waals surface area contributed by atoms with Crippen LogP contribution in [-0.2, 0) is 4.74 Å². The summed E-state index contributed by atoms with van der Waals surface area (Å²) in [5.41, 5.74) is 0.500. The Morgan fingerprint density at radius 2 is 1.92 bits per heavy atom. The third-order valence-corrected chi connectivity index (χ3v) is 4.09. The van der Waals surface area contributed by atoms with Crippen LogP contribution in [0.4, 0.5) is 24.7 Å². The lowest BCUT2D eigenvalue weighted by molar-refractivity contribution is -0.274. The number of fused-ring (bicyclic) bond motifs is 1. The number of anilines is 2. The average Bonchev–Trinajstić information content (AvgIpc) is 3.00. The molecule has 0 amide bonds. The minimum atomic E-state index is -4.74. The Bertz CT molecular complexity index is 910. The summed E-state index contributed by atoms with van der Waals surface area (Å²) in [7, 11) is 1.28. The number of rotatable bonds is 4. The quantitative estimate of drug-likeness (QED) is 0.698. The number of carbonyl (C=O) groups is 1. The zero-order chi connectivity index (χ0) is 18.0. The first-order chi connectivity index (χ1) is 11.9. The summed E-state index contributed by atoms with van der Waals surface area (Å²) < 4.78 is 45.0. The molecular weight excluding hydrogens is 359 g/mol. The van der Waals surface area contributed by atoms with Crippen molar-refractivity contribution in [2.45, 2.75) is 6.36 Å². The van der Waals surface area contributed by atoms with Gasteiger partial charge < -0.3 is 14.8 Å². The van der Waals surface area contributed by atoms with E-state index in [1.165, 1.54) is 37.7 Å². The molecule has 10 heteroatoms. The number of hydrogen-bond acceptors (Lipinski definition) is 7. The number of esters is 1. The van der Waals surface area contributed by atoms with Crippen LogP contribution in [0.15, 0.2) is 36.7 Å². The molecule has 0 unspecified atom stereocenters. The smallest absolute Gasteiger partial charge is 0.465 e. The van der Waals surface area contributed by atoms with E-state index in [1.807, 2.05) is 0 Å². The number of benzene rings is 1. The van der Waals surface area contributed by atoms with Crippen molar-refractivity contribution in [3.63, 3.8) is 0 Å². The van der Waals surface area contributed by atoms with Gasteiger partial charge in [0.2, 0.25) is 0 Å². The Hall–Kier alpha value is -2.88. The van der Waals surface area contributed by atoms with E-state index in [0.717, 1.165) is 11.3 Å². The van der Waals surface area contributed by atoms with E-state index in [1.54, 1.807) is 6.07 Å². The van der Waals surface area contributed by atoms with Gasteiger partial charge in [-0.2, -0.15) is 0 Å². The maximum absolute atomic E-state index is 12.2. The van der Waals surface area contributed by atoms with Crippen LogP contribution in [0.1, 0.15) is 9.67 Å². The highest BCUT2D eigenvalue weighted by Gasteiger charge is 2.30. The van der Waals surface area contributed by atoms with Gasteiger partial charge in [0.1, 0.15) is 27.6 Å². The second-order valence-corrected chi connectivity index (χ2v) is 5.77. The molecule has 0 spiro atoms. The Balaban J connectivity index is 1.85. The van der Waals surface area contributed by atoms with E-state index in [2.05, 4.69) is 24.8 Å². The predicted octanol–water partition coefficient (Wildman–Crippen LogP) is 4.12. The number of nitrogens with one attached hydrogen (secondary N) is 1. The molecule has 0 fully saturated rings. The zero-order valence-corrected chi connectivity index (χ0v) is 13.4. The SMILES string of the molecule is COC(=O)c1cc2c(Nc3ccc(OC(F)(F)F)cc3)ncnc2s1. The molecule has 0 aliphatic carbocycles. The molecule has 0 radical (unpaired) electrons. The normalized spacial score (nSPS) is 11.4. The number of thiophene rings is 1. The second kappa shape index (κ2) is 6.55.